The first-order chi connectivity index (χ1) is 16.6. The number of piperazine rings is 1. The lowest BCUT2D eigenvalue weighted by Gasteiger charge is -2.36. The fraction of sp³-hybridized carbons (Fsp3) is 0.375. The van der Waals surface area contributed by atoms with Crippen molar-refractivity contribution in [2.45, 2.75) is 26.9 Å². The largest absolute Gasteiger partial charge is 0.465 e. The summed E-state index contributed by atoms with van der Waals surface area (Å²) in [4.78, 5) is 23.1. The molecule has 0 amide bonds. The number of halogens is 3. The molecule has 4 rings (SSSR count). The molecule has 1 aliphatic rings. The summed E-state index contributed by atoms with van der Waals surface area (Å²) in [5.41, 5.74) is 2.98. The third-order valence-corrected chi connectivity index (χ3v) is 6.10. The molecule has 0 N–H and O–H groups in total. The third kappa shape index (κ3) is 4.89. The van der Waals surface area contributed by atoms with Gasteiger partial charge in [0.05, 0.1) is 12.8 Å². The van der Waals surface area contributed by atoms with E-state index in [0.717, 1.165) is 47.1 Å². The van der Waals surface area contributed by atoms with Crippen LogP contribution in [0.15, 0.2) is 30.5 Å². The third-order valence-electron chi connectivity index (χ3n) is 6.10. The second-order valence-corrected chi connectivity index (χ2v) is 8.39. The Labute approximate surface area is 200 Å². The van der Waals surface area contributed by atoms with Crippen molar-refractivity contribution in [3.63, 3.8) is 0 Å². The lowest BCUT2D eigenvalue weighted by molar-refractivity contribution is -0.141. The maximum atomic E-state index is 13.5. The van der Waals surface area contributed by atoms with Crippen molar-refractivity contribution in [1.29, 1.82) is 0 Å². The second-order valence-electron chi connectivity index (χ2n) is 8.39. The van der Waals surface area contributed by atoms with Crippen LogP contribution >= 0.6 is 0 Å². The van der Waals surface area contributed by atoms with Crippen molar-refractivity contribution in [1.82, 2.24) is 20.2 Å². The van der Waals surface area contributed by atoms with Crippen LogP contribution in [0, 0.1) is 20.8 Å². The molecule has 0 atom stereocenters. The molecule has 1 saturated heterocycles. The van der Waals surface area contributed by atoms with Gasteiger partial charge in [0.15, 0.2) is 11.5 Å². The highest BCUT2D eigenvalue weighted by molar-refractivity contribution is 5.90. The van der Waals surface area contributed by atoms with Crippen LogP contribution in [0.2, 0.25) is 0 Å². The number of anilines is 2. The van der Waals surface area contributed by atoms with Gasteiger partial charge in [0.2, 0.25) is 5.95 Å². The second kappa shape index (κ2) is 9.47. The van der Waals surface area contributed by atoms with Crippen molar-refractivity contribution in [3.8, 4) is 11.3 Å². The van der Waals surface area contributed by atoms with Crippen LogP contribution in [-0.2, 0) is 10.9 Å². The van der Waals surface area contributed by atoms with Crippen LogP contribution in [0.3, 0.4) is 0 Å². The maximum Gasteiger partial charge on any atom is 0.434 e. The van der Waals surface area contributed by atoms with E-state index >= 15 is 0 Å². The number of aryl methyl sites for hydroxylation is 1. The first kappa shape index (κ1) is 24.4. The molecule has 0 aliphatic carbocycles. The molecule has 3 aromatic rings. The number of alkyl halides is 3. The van der Waals surface area contributed by atoms with Gasteiger partial charge in [-0.2, -0.15) is 13.2 Å². The zero-order chi connectivity index (χ0) is 25.3. The SMILES string of the molecule is COC(=O)c1cnc(N2CCN(c3nnc(-c4cccc(C)c4)c(C)c3C)CC2)nc1C(F)(F)F. The summed E-state index contributed by atoms with van der Waals surface area (Å²) in [5, 5.41) is 8.96. The molecule has 0 spiro atoms. The number of carbonyl (C=O) groups excluding carboxylic acids is 1. The molecule has 0 bridgehead atoms. The minimum Gasteiger partial charge on any atom is -0.465 e. The molecule has 3 heterocycles. The summed E-state index contributed by atoms with van der Waals surface area (Å²) < 4.78 is 44.9. The Morgan fingerprint density at radius 2 is 1.69 bits per heavy atom. The first-order valence-electron chi connectivity index (χ1n) is 11.0. The van der Waals surface area contributed by atoms with E-state index in [1.54, 1.807) is 4.90 Å². The zero-order valence-electron chi connectivity index (χ0n) is 19.8. The van der Waals surface area contributed by atoms with Crippen LogP contribution in [0.5, 0.6) is 0 Å². The average Bonchev–Trinajstić information content (AvgIpc) is 2.84. The Bertz CT molecular complexity index is 1260. The van der Waals surface area contributed by atoms with Crippen LogP contribution in [-0.4, -0.2) is 59.4 Å². The molecule has 1 aliphatic heterocycles. The van der Waals surface area contributed by atoms with Gasteiger partial charge in [-0.15, -0.1) is 10.2 Å². The van der Waals surface area contributed by atoms with Gasteiger partial charge in [-0.05, 0) is 38.0 Å². The van der Waals surface area contributed by atoms with Crippen molar-refractivity contribution in [2.75, 3.05) is 43.1 Å². The molecule has 1 fully saturated rings. The molecule has 35 heavy (non-hydrogen) atoms. The van der Waals surface area contributed by atoms with Crippen molar-refractivity contribution >= 4 is 17.7 Å². The Kier molecular flexibility index (Phi) is 6.60. The number of nitrogens with zero attached hydrogens (tertiary/aromatic N) is 6. The number of esters is 1. The van der Waals surface area contributed by atoms with Crippen LogP contribution in [0.4, 0.5) is 24.9 Å². The molecular weight excluding hydrogens is 461 g/mol. The van der Waals surface area contributed by atoms with E-state index in [0.29, 0.717) is 26.2 Å². The number of hydrogen-bond donors (Lipinski definition) is 0. The molecule has 11 heteroatoms. The quantitative estimate of drug-likeness (QED) is 0.512. The highest BCUT2D eigenvalue weighted by Crippen LogP contribution is 2.32. The lowest BCUT2D eigenvalue weighted by Crippen LogP contribution is -2.48. The lowest BCUT2D eigenvalue weighted by atomic mass is 10.0. The summed E-state index contributed by atoms with van der Waals surface area (Å²) in [6.07, 6.45) is -3.95. The number of hydrogen-bond acceptors (Lipinski definition) is 8. The summed E-state index contributed by atoms with van der Waals surface area (Å²) in [7, 11) is 1.01. The van der Waals surface area contributed by atoms with Crippen LogP contribution < -0.4 is 9.80 Å². The van der Waals surface area contributed by atoms with Crippen molar-refractivity contribution < 1.29 is 22.7 Å². The molecule has 0 saturated carbocycles. The number of benzene rings is 1. The summed E-state index contributed by atoms with van der Waals surface area (Å²) in [6, 6.07) is 8.08. The van der Waals surface area contributed by atoms with Gasteiger partial charge >= 0.3 is 12.1 Å². The summed E-state index contributed by atoms with van der Waals surface area (Å²) >= 11 is 0. The number of rotatable bonds is 4. The summed E-state index contributed by atoms with van der Waals surface area (Å²) in [5.74, 6) is -0.470. The van der Waals surface area contributed by atoms with E-state index in [4.69, 9.17) is 0 Å². The van der Waals surface area contributed by atoms with Gasteiger partial charge in [-0.3, -0.25) is 0 Å². The molecule has 0 radical (unpaired) electrons. The molecule has 2 aromatic heterocycles. The van der Waals surface area contributed by atoms with Crippen LogP contribution in [0.1, 0.15) is 32.7 Å². The number of carbonyl (C=O) groups is 1. The van der Waals surface area contributed by atoms with E-state index in [1.165, 1.54) is 0 Å². The average molecular weight is 486 g/mol. The Morgan fingerprint density at radius 1 is 1.00 bits per heavy atom. The van der Waals surface area contributed by atoms with E-state index in [-0.39, 0.29) is 5.95 Å². The Morgan fingerprint density at radius 3 is 2.31 bits per heavy atom. The van der Waals surface area contributed by atoms with Gasteiger partial charge in [-0.1, -0.05) is 23.8 Å². The van der Waals surface area contributed by atoms with Gasteiger partial charge < -0.3 is 14.5 Å². The van der Waals surface area contributed by atoms with E-state index in [1.807, 2.05) is 39.0 Å². The van der Waals surface area contributed by atoms with E-state index < -0.39 is 23.4 Å². The topological polar surface area (TPSA) is 84.3 Å². The summed E-state index contributed by atoms with van der Waals surface area (Å²) in [6.45, 7) is 7.80. The highest BCUT2D eigenvalue weighted by Gasteiger charge is 2.39. The molecule has 184 valence electrons. The fourth-order valence-corrected chi connectivity index (χ4v) is 4.08. The standard InChI is InChI=1S/C24H25F3N6O2/c1-14-6-5-7-17(12-14)19-15(2)16(3)21(31-30-19)32-8-10-33(11-9-32)23-28-13-18(22(34)35-4)20(29-23)24(25,26)27/h5-7,12-13H,8-11H2,1-4H3. The van der Waals surface area contributed by atoms with Gasteiger partial charge in [0, 0.05) is 37.9 Å². The highest BCUT2D eigenvalue weighted by atomic mass is 19.4. The minimum atomic E-state index is -4.81. The van der Waals surface area contributed by atoms with E-state index in [9.17, 15) is 18.0 Å². The van der Waals surface area contributed by atoms with Crippen LogP contribution in [0.25, 0.3) is 11.3 Å². The zero-order valence-corrected chi connectivity index (χ0v) is 19.8. The predicted molar refractivity (Wildman–Crippen MR) is 124 cm³/mol. The number of ether oxygens (including phenoxy) is 1. The predicted octanol–water partition coefficient (Wildman–Crippen LogP) is 3.99. The maximum absolute atomic E-state index is 13.5. The first-order valence-corrected chi connectivity index (χ1v) is 11.0. The van der Waals surface area contributed by atoms with Gasteiger partial charge in [0.25, 0.3) is 0 Å². The molecule has 0 unspecified atom stereocenters. The van der Waals surface area contributed by atoms with Gasteiger partial charge in [-0.25, -0.2) is 14.8 Å². The molecule has 1 aromatic carbocycles. The Hall–Kier alpha value is -3.76. The van der Waals surface area contributed by atoms with Gasteiger partial charge in [0.1, 0.15) is 5.56 Å². The fourth-order valence-electron chi connectivity index (χ4n) is 4.08. The normalized spacial score (nSPS) is 14.3. The monoisotopic (exact) mass is 486 g/mol. The smallest absolute Gasteiger partial charge is 0.434 e. The molecular formula is C24H25F3N6O2. The van der Waals surface area contributed by atoms with E-state index in [2.05, 4.69) is 35.9 Å². The Balaban J connectivity index is 1.53. The number of methoxy groups -OCH3 is 1. The van der Waals surface area contributed by atoms with Crippen molar-refractivity contribution in [3.05, 3.63) is 58.4 Å². The minimum absolute atomic E-state index is 0.0848. The molecule has 8 nitrogen and oxygen atoms in total. The number of aromatic nitrogens is 4. The van der Waals surface area contributed by atoms with Crippen molar-refractivity contribution in [2.24, 2.45) is 0 Å².